The van der Waals surface area contributed by atoms with Gasteiger partial charge in [-0.15, -0.1) is 0 Å². The Morgan fingerprint density at radius 3 is 2.65 bits per heavy atom. The minimum absolute atomic E-state index is 0.162. The van der Waals surface area contributed by atoms with Crippen molar-refractivity contribution < 1.29 is 4.39 Å². The molecule has 2 heterocycles. The SMILES string of the molecule is Fc1cc(CN2CCN(C3CCCC3)CC2)c2ncccc2c1. The third-order valence-electron chi connectivity index (χ3n) is 5.39. The van der Waals surface area contributed by atoms with Crippen LogP contribution in [0.5, 0.6) is 0 Å². The summed E-state index contributed by atoms with van der Waals surface area (Å²) >= 11 is 0. The van der Waals surface area contributed by atoms with Gasteiger partial charge in [0.1, 0.15) is 5.82 Å². The number of fused-ring (bicyclic) bond motifs is 1. The van der Waals surface area contributed by atoms with Crippen LogP contribution in [0.2, 0.25) is 0 Å². The number of benzene rings is 1. The van der Waals surface area contributed by atoms with E-state index in [2.05, 4.69) is 14.8 Å². The van der Waals surface area contributed by atoms with E-state index in [-0.39, 0.29) is 5.82 Å². The highest BCUT2D eigenvalue weighted by atomic mass is 19.1. The summed E-state index contributed by atoms with van der Waals surface area (Å²) in [4.78, 5) is 9.56. The van der Waals surface area contributed by atoms with Crippen molar-refractivity contribution in [2.45, 2.75) is 38.3 Å². The molecule has 4 heteroatoms. The van der Waals surface area contributed by atoms with Crippen LogP contribution in [0, 0.1) is 5.82 Å². The first-order chi connectivity index (χ1) is 11.3. The normalized spacial score (nSPS) is 21.3. The van der Waals surface area contributed by atoms with Crippen molar-refractivity contribution in [3.63, 3.8) is 0 Å². The van der Waals surface area contributed by atoms with Gasteiger partial charge in [-0.05, 0) is 36.6 Å². The molecule has 0 N–H and O–H groups in total. The van der Waals surface area contributed by atoms with Gasteiger partial charge in [0.15, 0.2) is 0 Å². The van der Waals surface area contributed by atoms with Gasteiger partial charge in [-0.3, -0.25) is 14.8 Å². The Hall–Kier alpha value is -1.52. The monoisotopic (exact) mass is 313 g/mol. The van der Waals surface area contributed by atoms with Gasteiger partial charge in [0, 0.05) is 50.3 Å². The Morgan fingerprint density at radius 1 is 1.09 bits per heavy atom. The third kappa shape index (κ3) is 3.24. The fourth-order valence-electron chi connectivity index (χ4n) is 4.14. The van der Waals surface area contributed by atoms with Crippen LogP contribution in [0.1, 0.15) is 31.2 Å². The molecule has 0 unspecified atom stereocenters. The molecule has 1 aliphatic carbocycles. The Kier molecular flexibility index (Phi) is 4.27. The fourth-order valence-corrected chi connectivity index (χ4v) is 4.14. The lowest BCUT2D eigenvalue weighted by Crippen LogP contribution is -2.49. The van der Waals surface area contributed by atoms with Crippen LogP contribution in [0.15, 0.2) is 30.5 Å². The lowest BCUT2D eigenvalue weighted by Gasteiger charge is -2.38. The van der Waals surface area contributed by atoms with E-state index in [4.69, 9.17) is 0 Å². The Labute approximate surface area is 137 Å². The second-order valence-electron chi connectivity index (χ2n) is 6.89. The average Bonchev–Trinajstić information content (AvgIpc) is 3.10. The molecule has 0 radical (unpaired) electrons. The summed E-state index contributed by atoms with van der Waals surface area (Å²) in [7, 11) is 0. The van der Waals surface area contributed by atoms with Crippen molar-refractivity contribution in [3.8, 4) is 0 Å². The third-order valence-corrected chi connectivity index (χ3v) is 5.39. The molecule has 0 spiro atoms. The average molecular weight is 313 g/mol. The van der Waals surface area contributed by atoms with E-state index in [0.717, 1.165) is 55.2 Å². The highest BCUT2D eigenvalue weighted by Gasteiger charge is 2.26. The number of rotatable bonds is 3. The van der Waals surface area contributed by atoms with Crippen LogP contribution in [0.3, 0.4) is 0 Å². The van der Waals surface area contributed by atoms with Gasteiger partial charge in [0.2, 0.25) is 0 Å². The summed E-state index contributed by atoms with van der Waals surface area (Å²) < 4.78 is 13.9. The van der Waals surface area contributed by atoms with Crippen molar-refractivity contribution in [3.05, 3.63) is 41.8 Å². The molecule has 1 saturated carbocycles. The highest BCUT2D eigenvalue weighted by Crippen LogP contribution is 2.25. The van der Waals surface area contributed by atoms with Crippen LogP contribution >= 0.6 is 0 Å². The fraction of sp³-hybridized carbons (Fsp3) is 0.526. The van der Waals surface area contributed by atoms with E-state index >= 15 is 0 Å². The molecule has 122 valence electrons. The summed E-state index contributed by atoms with van der Waals surface area (Å²) in [5.74, 6) is -0.162. The first-order valence-electron chi connectivity index (χ1n) is 8.79. The molecular weight excluding hydrogens is 289 g/mol. The lowest BCUT2D eigenvalue weighted by molar-refractivity contribution is 0.0939. The zero-order valence-electron chi connectivity index (χ0n) is 13.5. The number of nitrogens with zero attached hydrogens (tertiary/aromatic N) is 3. The molecule has 23 heavy (non-hydrogen) atoms. The zero-order chi connectivity index (χ0) is 15.6. The molecule has 0 atom stereocenters. The summed E-state index contributed by atoms with van der Waals surface area (Å²) in [5, 5.41) is 0.895. The summed E-state index contributed by atoms with van der Waals surface area (Å²) in [5.41, 5.74) is 1.95. The summed E-state index contributed by atoms with van der Waals surface area (Å²) in [6, 6.07) is 7.84. The molecule has 1 aliphatic heterocycles. The van der Waals surface area contributed by atoms with Crippen LogP contribution in [-0.4, -0.2) is 47.0 Å². The van der Waals surface area contributed by atoms with E-state index < -0.39 is 0 Å². The van der Waals surface area contributed by atoms with Gasteiger partial charge >= 0.3 is 0 Å². The topological polar surface area (TPSA) is 19.4 Å². The molecule has 2 fully saturated rings. The molecule has 0 bridgehead atoms. The van der Waals surface area contributed by atoms with Crippen LogP contribution in [0.25, 0.3) is 10.9 Å². The molecule has 2 aromatic rings. The van der Waals surface area contributed by atoms with Gasteiger partial charge in [0.25, 0.3) is 0 Å². The summed E-state index contributed by atoms with van der Waals surface area (Å²) in [6.07, 6.45) is 7.33. The number of aromatic nitrogens is 1. The lowest BCUT2D eigenvalue weighted by atomic mass is 10.1. The molecule has 2 aliphatic rings. The number of pyridine rings is 1. The van der Waals surface area contributed by atoms with Crippen LogP contribution in [-0.2, 0) is 6.54 Å². The molecule has 1 saturated heterocycles. The van der Waals surface area contributed by atoms with Crippen molar-refractivity contribution in [1.82, 2.24) is 14.8 Å². The highest BCUT2D eigenvalue weighted by molar-refractivity contribution is 5.81. The van der Waals surface area contributed by atoms with Crippen molar-refractivity contribution in [2.24, 2.45) is 0 Å². The minimum atomic E-state index is -0.162. The Bertz CT molecular complexity index is 673. The standard InChI is InChI=1S/C19H24FN3/c20-17-12-15-4-3-7-21-19(15)16(13-17)14-22-8-10-23(11-9-22)18-5-1-2-6-18/h3-4,7,12-13,18H,1-2,5-6,8-11,14H2. The maximum Gasteiger partial charge on any atom is 0.124 e. The second-order valence-corrected chi connectivity index (χ2v) is 6.89. The van der Waals surface area contributed by atoms with E-state index in [0.29, 0.717) is 0 Å². The van der Waals surface area contributed by atoms with Crippen LogP contribution < -0.4 is 0 Å². The molecule has 3 nitrogen and oxygen atoms in total. The van der Waals surface area contributed by atoms with Gasteiger partial charge in [0.05, 0.1) is 5.52 Å². The maximum atomic E-state index is 13.9. The predicted molar refractivity (Wildman–Crippen MR) is 90.8 cm³/mol. The van der Waals surface area contributed by atoms with Crippen molar-refractivity contribution in [2.75, 3.05) is 26.2 Å². The van der Waals surface area contributed by atoms with E-state index in [1.54, 1.807) is 18.3 Å². The van der Waals surface area contributed by atoms with Gasteiger partial charge < -0.3 is 0 Å². The first kappa shape index (κ1) is 15.0. The first-order valence-corrected chi connectivity index (χ1v) is 8.79. The molecule has 0 amide bonds. The van der Waals surface area contributed by atoms with Crippen molar-refractivity contribution in [1.29, 1.82) is 0 Å². The van der Waals surface area contributed by atoms with Gasteiger partial charge in [-0.1, -0.05) is 18.9 Å². The van der Waals surface area contributed by atoms with Gasteiger partial charge in [-0.25, -0.2) is 4.39 Å². The number of halogens is 1. The maximum absolute atomic E-state index is 13.9. The van der Waals surface area contributed by atoms with Crippen LogP contribution in [0.4, 0.5) is 4.39 Å². The van der Waals surface area contributed by atoms with E-state index in [1.807, 2.05) is 12.1 Å². The second kappa shape index (κ2) is 6.54. The number of hydrogen-bond donors (Lipinski definition) is 0. The smallest absolute Gasteiger partial charge is 0.124 e. The summed E-state index contributed by atoms with van der Waals surface area (Å²) in [6.45, 7) is 5.23. The van der Waals surface area contributed by atoms with E-state index in [9.17, 15) is 4.39 Å². The Morgan fingerprint density at radius 2 is 1.87 bits per heavy atom. The zero-order valence-corrected chi connectivity index (χ0v) is 13.5. The Balaban J connectivity index is 1.45. The molecule has 1 aromatic heterocycles. The number of piperazine rings is 1. The number of hydrogen-bond acceptors (Lipinski definition) is 3. The van der Waals surface area contributed by atoms with Gasteiger partial charge in [-0.2, -0.15) is 0 Å². The molecular formula is C19H24FN3. The molecule has 4 rings (SSSR count). The predicted octanol–water partition coefficient (Wildman–Crippen LogP) is 3.43. The van der Waals surface area contributed by atoms with Crippen molar-refractivity contribution >= 4 is 10.9 Å². The molecule has 1 aromatic carbocycles. The van der Waals surface area contributed by atoms with E-state index in [1.165, 1.54) is 25.7 Å². The minimum Gasteiger partial charge on any atom is -0.298 e. The largest absolute Gasteiger partial charge is 0.298 e. The quantitative estimate of drug-likeness (QED) is 0.865.